The van der Waals surface area contributed by atoms with Crippen LogP contribution in [-0.2, 0) is 17.9 Å². The highest BCUT2D eigenvalue weighted by molar-refractivity contribution is 5.88. The number of hydrogen-bond donors (Lipinski definition) is 1. The molecule has 36 heavy (non-hydrogen) atoms. The standard InChI is InChI=1S/C27H33N5O4/c1-6-34-21-14-20(15-22(35-7-2)25(21)36-8-3)16-28-23(33)17-32-26-24(18(4)13-19(5)29-26)27(30-32)31-11-9-10-12-31/h9-15H,6-8,16-17H2,1-5H3,(H,28,33). The number of aryl methyl sites for hydroxylation is 2. The molecule has 0 radical (unpaired) electrons. The third kappa shape index (κ3) is 5.30. The fourth-order valence-corrected chi connectivity index (χ4v) is 4.20. The number of aromatic nitrogens is 4. The number of pyridine rings is 1. The van der Waals surface area contributed by atoms with Crippen LogP contribution in [0.25, 0.3) is 16.9 Å². The Hall–Kier alpha value is -4.01. The molecular weight excluding hydrogens is 458 g/mol. The zero-order chi connectivity index (χ0) is 25.7. The van der Waals surface area contributed by atoms with Crippen LogP contribution in [-0.4, -0.2) is 45.1 Å². The number of hydrogen-bond acceptors (Lipinski definition) is 6. The van der Waals surface area contributed by atoms with E-state index in [1.54, 1.807) is 4.68 Å². The zero-order valence-corrected chi connectivity index (χ0v) is 21.5. The molecule has 3 heterocycles. The minimum atomic E-state index is -0.177. The lowest BCUT2D eigenvalue weighted by atomic mass is 10.1. The summed E-state index contributed by atoms with van der Waals surface area (Å²) in [5.74, 6) is 2.35. The second-order valence-electron chi connectivity index (χ2n) is 8.35. The van der Waals surface area contributed by atoms with Crippen LogP contribution in [0.4, 0.5) is 0 Å². The summed E-state index contributed by atoms with van der Waals surface area (Å²) < 4.78 is 20.9. The lowest BCUT2D eigenvalue weighted by Crippen LogP contribution is -2.27. The molecule has 0 saturated heterocycles. The molecule has 0 saturated carbocycles. The van der Waals surface area contributed by atoms with Gasteiger partial charge in [-0.2, -0.15) is 5.10 Å². The zero-order valence-electron chi connectivity index (χ0n) is 21.5. The molecule has 1 amide bonds. The van der Waals surface area contributed by atoms with Crippen molar-refractivity contribution < 1.29 is 19.0 Å². The van der Waals surface area contributed by atoms with Crippen molar-refractivity contribution in [3.8, 4) is 23.1 Å². The highest BCUT2D eigenvalue weighted by atomic mass is 16.5. The first-order valence-corrected chi connectivity index (χ1v) is 12.2. The van der Waals surface area contributed by atoms with Crippen LogP contribution in [0.3, 0.4) is 0 Å². The Kier molecular flexibility index (Phi) is 7.77. The van der Waals surface area contributed by atoms with Crippen LogP contribution in [0.15, 0.2) is 42.7 Å². The lowest BCUT2D eigenvalue weighted by Gasteiger charge is -2.17. The molecule has 0 fully saturated rings. The molecule has 0 aliphatic rings. The molecule has 0 aliphatic carbocycles. The van der Waals surface area contributed by atoms with Gasteiger partial charge in [-0.25, -0.2) is 9.67 Å². The molecule has 4 rings (SSSR count). The summed E-state index contributed by atoms with van der Waals surface area (Å²) >= 11 is 0. The highest BCUT2D eigenvalue weighted by Crippen LogP contribution is 2.39. The van der Waals surface area contributed by atoms with Gasteiger partial charge in [-0.05, 0) is 76.1 Å². The van der Waals surface area contributed by atoms with Gasteiger partial charge in [0, 0.05) is 24.6 Å². The smallest absolute Gasteiger partial charge is 0.242 e. The molecule has 1 N–H and O–H groups in total. The van der Waals surface area contributed by atoms with Gasteiger partial charge in [0.1, 0.15) is 6.54 Å². The van der Waals surface area contributed by atoms with E-state index in [2.05, 4.69) is 10.3 Å². The fraction of sp³-hybridized carbons (Fsp3) is 0.370. The fourth-order valence-electron chi connectivity index (χ4n) is 4.20. The Morgan fingerprint density at radius 1 is 0.944 bits per heavy atom. The number of amides is 1. The van der Waals surface area contributed by atoms with Crippen LogP contribution in [0.2, 0.25) is 0 Å². The van der Waals surface area contributed by atoms with Gasteiger partial charge in [-0.3, -0.25) is 4.79 Å². The molecule has 9 heteroatoms. The molecule has 1 aromatic carbocycles. The molecule has 3 aromatic heterocycles. The monoisotopic (exact) mass is 491 g/mol. The van der Waals surface area contributed by atoms with Crippen molar-refractivity contribution in [3.63, 3.8) is 0 Å². The summed E-state index contributed by atoms with van der Waals surface area (Å²) in [6.45, 7) is 11.5. The summed E-state index contributed by atoms with van der Waals surface area (Å²) in [6.07, 6.45) is 3.87. The van der Waals surface area contributed by atoms with Gasteiger partial charge in [0.15, 0.2) is 23.0 Å². The summed E-state index contributed by atoms with van der Waals surface area (Å²) in [6, 6.07) is 9.66. The van der Waals surface area contributed by atoms with Crippen molar-refractivity contribution in [1.29, 1.82) is 0 Å². The molecule has 0 atom stereocenters. The van der Waals surface area contributed by atoms with Crippen LogP contribution >= 0.6 is 0 Å². The number of ether oxygens (including phenoxy) is 3. The Balaban J connectivity index is 1.57. The molecule has 9 nitrogen and oxygen atoms in total. The predicted molar refractivity (Wildman–Crippen MR) is 138 cm³/mol. The SMILES string of the molecule is CCOc1cc(CNC(=O)Cn2nc(-n3cccc3)c3c(C)cc(C)nc32)cc(OCC)c1OCC. The first-order chi connectivity index (χ1) is 17.4. The van der Waals surface area contributed by atoms with Crippen LogP contribution < -0.4 is 19.5 Å². The first-order valence-electron chi connectivity index (χ1n) is 12.2. The van der Waals surface area contributed by atoms with E-state index < -0.39 is 0 Å². The van der Waals surface area contributed by atoms with Crippen LogP contribution in [0.5, 0.6) is 17.2 Å². The van der Waals surface area contributed by atoms with Crippen molar-refractivity contribution in [3.05, 3.63) is 59.5 Å². The van der Waals surface area contributed by atoms with E-state index in [0.717, 1.165) is 28.0 Å². The third-order valence-corrected chi connectivity index (χ3v) is 5.61. The Morgan fingerprint density at radius 3 is 2.19 bits per heavy atom. The van der Waals surface area contributed by atoms with Crippen LogP contribution in [0.1, 0.15) is 37.6 Å². The quantitative estimate of drug-likeness (QED) is 0.335. The Labute approximate surface area is 211 Å². The molecule has 4 aromatic rings. The lowest BCUT2D eigenvalue weighted by molar-refractivity contribution is -0.121. The maximum absolute atomic E-state index is 13.0. The van der Waals surface area contributed by atoms with E-state index in [1.807, 2.05) is 81.9 Å². The molecule has 190 valence electrons. The predicted octanol–water partition coefficient (Wildman–Crippen LogP) is 4.35. The van der Waals surface area contributed by atoms with E-state index in [1.165, 1.54) is 0 Å². The number of carbonyl (C=O) groups excluding carboxylic acids is 1. The van der Waals surface area contributed by atoms with Gasteiger partial charge >= 0.3 is 0 Å². The second kappa shape index (κ2) is 11.2. The number of nitrogens with one attached hydrogen (secondary N) is 1. The minimum absolute atomic E-state index is 0.0430. The average Bonchev–Trinajstić information content (AvgIpc) is 3.49. The minimum Gasteiger partial charge on any atom is -0.490 e. The van der Waals surface area contributed by atoms with E-state index in [9.17, 15) is 4.79 Å². The first kappa shape index (κ1) is 25.1. The normalized spacial score (nSPS) is 11.0. The van der Waals surface area contributed by atoms with Crippen LogP contribution in [0, 0.1) is 13.8 Å². The van der Waals surface area contributed by atoms with E-state index in [-0.39, 0.29) is 12.5 Å². The van der Waals surface area contributed by atoms with Gasteiger partial charge in [0.2, 0.25) is 11.7 Å². The van der Waals surface area contributed by atoms with Gasteiger partial charge in [-0.15, -0.1) is 0 Å². The van der Waals surface area contributed by atoms with E-state index in [4.69, 9.17) is 19.3 Å². The average molecular weight is 492 g/mol. The maximum Gasteiger partial charge on any atom is 0.242 e. The molecule has 0 aliphatic heterocycles. The maximum atomic E-state index is 13.0. The molecule has 0 unspecified atom stereocenters. The third-order valence-electron chi connectivity index (χ3n) is 5.61. The van der Waals surface area contributed by atoms with Crippen molar-refractivity contribution in [1.82, 2.24) is 24.6 Å². The molecule has 0 bridgehead atoms. The Morgan fingerprint density at radius 2 is 1.58 bits per heavy atom. The number of rotatable bonds is 11. The van der Waals surface area contributed by atoms with Gasteiger partial charge in [-0.1, -0.05) is 0 Å². The van der Waals surface area contributed by atoms with Crippen molar-refractivity contribution in [2.45, 2.75) is 47.7 Å². The molecular formula is C27H33N5O4. The largest absolute Gasteiger partial charge is 0.490 e. The van der Waals surface area contributed by atoms with Gasteiger partial charge in [0.05, 0.1) is 25.2 Å². The summed E-state index contributed by atoms with van der Waals surface area (Å²) in [7, 11) is 0. The van der Waals surface area contributed by atoms with E-state index in [0.29, 0.717) is 49.3 Å². The topological polar surface area (TPSA) is 92.4 Å². The van der Waals surface area contributed by atoms with Crippen molar-refractivity contribution in [2.75, 3.05) is 19.8 Å². The summed E-state index contributed by atoms with van der Waals surface area (Å²) in [4.78, 5) is 17.7. The van der Waals surface area contributed by atoms with E-state index >= 15 is 0 Å². The number of benzene rings is 1. The molecule has 0 spiro atoms. The number of carbonyl (C=O) groups is 1. The second-order valence-corrected chi connectivity index (χ2v) is 8.35. The van der Waals surface area contributed by atoms with Gasteiger partial charge < -0.3 is 24.1 Å². The van der Waals surface area contributed by atoms with Gasteiger partial charge in [0.25, 0.3) is 0 Å². The Bertz CT molecular complexity index is 1320. The summed E-state index contributed by atoms with van der Waals surface area (Å²) in [5, 5.41) is 8.66. The summed E-state index contributed by atoms with van der Waals surface area (Å²) in [5.41, 5.74) is 3.47. The van der Waals surface area contributed by atoms with Crippen molar-refractivity contribution in [2.24, 2.45) is 0 Å². The van der Waals surface area contributed by atoms with Crippen molar-refractivity contribution >= 4 is 16.9 Å². The number of fused-ring (bicyclic) bond motifs is 1. The highest BCUT2D eigenvalue weighted by Gasteiger charge is 2.19. The number of nitrogens with zero attached hydrogens (tertiary/aromatic N) is 4.